The Morgan fingerprint density at radius 2 is 1.83 bits per heavy atom. The summed E-state index contributed by atoms with van der Waals surface area (Å²) in [5, 5.41) is 6.95. The van der Waals surface area contributed by atoms with Gasteiger partial charge in [-0.05, 0) is 6.47 Å². The molecular formula is C2H5CdO3-. The molecule has 0 aromatic heterocycles. The first-order chi connectivity index (χ1) is 1.91. The van der Waals surface area contributed by atoms with Gasteiger partial charge >= 0.3 is 0 Å². The van der Waals surface area contributed by atoms with Gasteiger partial charge in [0.1, 0.15) is 0 Å². The molecule has 0 aliphatic heterocycles. The Hall–Kier alpha value is 0.352. The van der Waals surface area contributed by atoms with Crippen LogP contribution in [-0.4, -0.2) is 11.7 Å². The molecule has 0 aromatic carbocycles. The molecule has 3 nitrogen and oxygen atoms in total. The minimum Gasteiger partial charge on any atom is -0.509 e. The van der Waals surface area contributed by atoms with Gasteiger partial charge in [0.15, 0.2) is 0 Å². The monoisotopic (exact) mass is 191 g/mol. The van der Waals surface area contributed by atoms with Crippen molar-refractivity contribution in [2.24, 2.45) is 0 Å². The Morgan fingerprint density at radius 1 is 1.67 bits per heavy atom. The predicted molar refractivity (Wildman–Crippen MR) is 16.1 cm³/mol. The Balaban J connectivity index is -0.0000000450. The summed E-state index contributed by atoms with van der Waals surface area (Å²) in [5.74, 6) is 0. The normalized spacial score (nSPS) is 3.50. The van der Waals surface area contributed by atoms with Crippen LogP contribution in [0, 0.1) is 0 Å². The molecule has 0 saturated carbocycles. The molecule has 0 spiro atoms. The average molecular weight is 189 g/mol. The molecule has 0 fully saturated rings. The molecule has 0 aliphatic rings. The molecule has 0 bridgehead atoms. The fourth-order valence-corrected chi connectivity index (χ4v) is 0. The third-order valence-corrected chi connectivity index (χ3v) is 0.0373. The minimum atomic E-state index is 0. The molecule has 0 amide bonds. The summed E-state index contributed by atoms with van der Waals surface area (Å²) in [6.07, 6.45) is 0. The maximum absolute atomic E-state index is 8.58. The maximum atomic E-state index is 8.58. The van der Waals surface area contributed by atoms with Crippen LogP contribution in [0.15, 0.2) is 0 Å². The molecular weight excluding hydrogens is 184 g/mol. The number of hydrogen-bond donors (Lipinski definition) is 1. The van der Waals surface area contributed by atoms with Crippen LogP contribution in [0.25, 0.3) is 0 Å². The fraction of sp³-hybridized carbons (Fsp3) is 0.500. The Bertz CT molecular complexity index is 22.8. The van der Waals surface area contributed by atoms with E-state index in [-0.39, 0.29) is 34.7 Å². The summed E-state index contributed by atoms with van der Waals surface area (Å²) in [4.78, 5) is 11.3. The Morgan fingerprint density at radius 3 is 1.83 bits per heavy atom. The predicted octanol–water partition coefficient (Wildman–Crippen LogP) is 0.177. The van der Waals surface area contributed by atoms with Crippen molar-refractivity contribution in [2.75, 3.05) is 0 Å². The van der Waals surface area contributed by atoms with Crippen LogP contribution in [0.3, 0.4) is 0 Å². The molecule has 6 heavy (non-hydrogen) atoms. The number of rotatable bonds is 1. The SMILES string of the molecule is C.O=[C-]OO.[Cd]. The van der Waals surface area contributed by atoms with Crippen molar-refractivity contribution in [3.05, 3.63) is 0 Å². The first-order valence-corrected chi connectivity index (χ1v) is 0.591. The van der Waals surface area contributed by atoms with Crippen molar-refractivity contribution in [3.8, 4) is 0 Å². The first-order valence-electron chi connectivity index (χ1n) is 0.591. The van der Waals surface area contributed by atoms with E-state index >= 15 is 0 Å². The van der Waals surface area contributed by atoms with Gasteiger partial charge < -0.3 is 9.68 Å². The van der Waals surface area contributed by atoms with Gasteiger partial charge in [0.2, 0.25) is 0 Å². The van der Waals surface area contributed by atoms with E-state index < -0.39 is 0 Å². The number of hydrogen-bond acceptors (Lipinski definition) is 3. The number of carbonyl (C=O) groups excluding carboxylic acids is 1. The minimum absolute atomic E-state index is 0. The third-order valence-electron chi connectivity index (χ3n) is 0.0373. The van der Waals surface area contributed by atoms with E-state index in [4.69, 9.17) is 10.1 Å². The zero-order valence-electron chi connectivity index (χ0n) is 2.47. The van der Waals surface area contributed by atoms with Gasteiger partial charge in [-0.15, -0.1) is 0 Å². The van der Waals surface area contributed by atoms with Crippen molar-refractivity contribution in [1.29, 1.82) is 0 Å². The van der Waals surface area contributed by atoms with Crippen LogP contribution in [0.5, 0.6) is 0 Å². The molecule has 0 aliphatic carbocycles. The van der Waals surface area contributed by atoms with E-state index in [2.05, 4.69) is 4.89 Å². The quantitative estimate of drug-likeness (QED) is 0.277. The summed E-state index contributed by atoms with van der Waals surface area (Å²) in [7, 11) is 0. The summed E-state index contributed by atoms with van der Waals surface area (Å²) < 4.78 is 0. The molecule has 0 saturated heterocycles. The van der Waals surface area contributed by atoms with Crippen LogP contribution < -0.4 is 0 Å². The zero-order chi connectivity index (χ0) is 3.41. The van der Waals surface area contributed by atoms with Gasteiger partial charge in [-0.3, -0.25) is 0 Å². The van der Waals surface area contributed by atoms with Crippen molar-refractivity contribution in [2.45, 2.75) is 7.43 Å². The van der Waals surface area contributed by atoms with Gasteiger partial charge in [-0.25, -0.2) is 5.26 Å². The van der Waals surface area contributed by atoms with Gasteiger partial charge in [0.05, 0.1) is 0 Å². The maximum Gasteiger partial charge on any atom is 0 e. The van der Waals surface area contributed by atoms with Crippen LogP contribution in [0.2, 0.25) is 0 Å². The average Bonchev–Trinajstić information content (AvgIpc) is 1.37. The molecule has 0 heterocycles. The second-order valence-electron chi connectivity index (χ2n) is 0.175. The van der Waals surface area contributed by atoms with Crippen LogP contribution >= 0.6 is 0 Å². The van der Waals surface area contributed by atoms with Crippen molar-refractivity contribution >= 4 is 6.47 Å². The molecule has 0 aromatic rings. The van der Waals surface area contributed by atoms with E-state index in [1.165, 1.54) is 0 Å². The molecule has 1 N–H and O–H groups in total. The summed E-state index contributed by atoms with van der Waals surface area (Å²) in [5.41, 5.74) is 0. The molecule has 4 heteroatoms. The van der Waals surface area contributed by atoms with Gasteiger partial charge in [-0.2, -0.15) is 0 Å². The largest absolute Gasteiger partial charge is 0.509 e. The second-order valence-corrected chi connectivity index (χ2v) is 0.175. The summed E-state index contributed by atoms with van der Waals surface area (Å²) in [6, 6.07) is 0. The van der Waals surface area contributed by atoms with E-state index in [0.29, 0.717) is 0 Å². The summed E-state index contributed by atoms with van der Waals surface area (Å²) >= 11 is 0. The van der Waals surface area contributed by atoms with Crippen LogP contribution in [0.4, 0.5) is 0 Å². The van der Waals surface area contributed by atoms with Gasteiger partial charge in [0, 0.05) is 27.3 Å². The van der Waals surface area contributed by atoms with E-state index in [1.807, 2.05) is 0 Å². The fourth-order valence-electron chi connectivity index (χ4n) is 0. The van der Waals surface area contributed by atoms with Crippen molar-refractivity contribution in [1.82, 2.24) is 0 Å². The van der Waals surface area contributed by atoms with Gasteiger partial charge in [0.25, 0.3) is 0 Å². The molecule has 0 atom stereocenters. The van der Waals surface area contributed by atoms with E-state index in [1.54, 1.807) is 0 Å². The smallest absolute Gasteiger partial charge is 0 e. The Kier molecular flexibility index (Phi) is 49.5. The zero-order valence-corrected chi connectivity index (χ0v) is 6.51. The van der Waals surface area contributed by atoms with E-state index in [0.717, 1.165) is 6.47 Å². The van der Waals surface area contributed by atoms with E-state index in [9.17, 15) is 0 Å². The van der Waals surface area contributed by atoms with Crippen molar-refractivity contribution < 1.29 is 42.2 Å². The molecule has 34 valence electrons. The first kappa shape index (κ1) is 16.2. The summed E-state index contributed by atoms with van der Waals surface area (Å²) in [6.45, 7) is 0.736. The molecule has 0 rings (SSSR count). The standard InChI is InChI=1S/CHO3.CH4.Cd/c2-1-4-3;;/h3H;1H4;/q-1;;. The Labute approximate surface area is 56.4 Å². The topological polar surface area (TPSA) is 46.5 Å². The van der Waals surface area contributed by atoms with Gasteiger partial charge in [-0.1, -0.05) is 7.43 Å². The molecule has 0 unspecified atom stereocenters. The van der Waals surface area contributed by atoms with Crippen LogP contribution in [0.1, 0.15) is 7.43 Å². The molecule has 0 radical (unpaired) electrons. The third kappa shape index (κ3) is 26.7. The van der Waals surface area contributed by atoms with Crippen molar-refractivity contribution in [3.63, 3.8) is 0 Å². The second kappa shape index (κ2) is 18.3. The van der Waals surface area contributed by atoms with Crippen LogP contribution in [-0.2, 0) is 37.0 Å².